The number of amides is 1. The van der Waals surface area contributed by atoms with Gasteiger partial charge in [0.25, 0.3) is 5.91 Å². The van der Waals surface area contributed by atoms with Gasteiger partial charge in [0.1, 0.15) is 11.6 Å². The van der Waals surface area contributed by atoms with E-state index in [9.17, 15) is 13.6 Å². The van der Waals surface area contributed by atoms with Crippen LogP contribution in [0.1, 0.15) is 35.7 Å². The maximum Gasteiger partial charge on any atom is 0.253 e. The molecule has 138 valence electrons. The summed E-state index contributed by atoms with van der Waals surface area (Å²) in [5.41, 5.74) is 7.95. The van der Waals surface area contributed by atoms with E-state index < -0.39 is 5.82 Å². The number of benzene rings is 2. The summed E-state index contributed by atoms with van der Waals surface area (Å²) in [6.45, 7) is 4.97. The lowest BCUT2D eigenvalue weighted by molar-refractivity contribution is 0.0660. The van der Waals surface area contributed by atoms with Gasteiger partial charge in [0, 0.05) is 30.3 Å². The molecule has 2 aromatic rings. The van der Waals surface area contributed by atoms with Crippen LogP contribution in [0.25, 0.3) is 11.1 Å². The van der Waals surface area contributed by atoms with E-state index in [4.69, 9.17) is 5.73 Å². The first kappa shape index (κ1) is 18.5. The minimum atomic E-state index is -0.480. The van der Waals surface area contributed by atoms with Crippen LogP contribution in [0.4, 0.5) is 8.78 Å². The number of carbonyl (C=O) groups is 1. The number of piperidine rings is 1. The molecular weight excluding hydrogens is 334 g/mol. The number of likely N-dealkylation sites (tertiary alicyclic amines) is 1. The molecule has 1 aliphatic heterocycles. The highest BCUT2D eigenvalue weighted by atomic mass is 19.1. The lowest BCUT2D eigenvalue weighted by Gasteiger charge is -2.34. The van der Waals surface area contributed by atoms with Crippen molar-refractivity contribution in [3.63, 3.8) is 0 Å². The van der Waals surface area contributed by atoms with E-state index in [0.717, 1.165) is 12.8 Å². The molecule has 1 amide bonds. The predicted molar refractivity (Wildman–Crippen MR) is 98.8 cm³/mol. The fourth-order valence-electron chi connectivity index (χ4n) is 3.60. The minimum absolute atomic E-state index is 0.0335. The lowest BCUT2D eigenvalue weighted by atomic mass is 9.91. The van der Waals surface area contributed by atoms with Gasteiger partial charge in [-0.25, -0.2) is 8.78 Å². The monoisotopic (exact) mass is 358 g/mol. The quantitative estimate of drug-likeness (QED) is 0.896. The third-order valence-corrected chi connectivity index (χ3v) is 5.18. The summed E-state index contributed by atoms with van der Waals surface area (Å²) in [6.07, 6.45) is 1.92. The zero-order valence-corrected chi connectivity index (χ0v) is 15.1. The number of hydrogen-bond acceptors (Lipinski definition) is 2. The Morgan fingerprint density at radius 1 is 1.19 bits per heavy atom. The maximum absolute atomic E-state index is 14.7. The van der Waals surface area contributed by atoms with Crippen molar-refractivity contribution in [1.82, 2.24) is 4.90 Å². The van der Waals surface area contributed by atoms with Crippen LogP contribution in [0.5, 0.6) is 0 Å². The number of hydrogen-bond donors (Lipinski definition) is 1. The van der Waals surface area contributed by atoms with Crippen molar-refractivity contribution in [2.75, 3.05) is 13.1 Å². The second-order valence-electron chi connectivity index (χ2n) is 7.17. The molecule has 0 spiro atoms. The third-order valence-electron chi connectivity index (χ3n) is 5.18. The van der Waals surface area contributed by atoms with Gasteiger partial charge in [0.2, 0.25) is 0 Å². The van der Waals surface area contributed by atoms with Crippen LogP contribution >= 0.6 is 0 Å². The topological polar surface area (TPSA) is 46.3 Å². The Morgan fingerprint density at radius 2 is 1.92 bits per heavy atom. The Hall–Kier alpha value is -2.27. The maximum atomic E-state index is 14.7. The summed E-state index contributed by atoms with van der Waals surface area (Å²) in [7, 11) is 0. The molecule has 3 rings (SSSR count). The van der Waals surface area contributed by atoms with Gasteiger partial charge in [-0.1, -0.05) is 12.1 Å². The molecule has 0 saturated carbocycles. The summed E-state index contributed by atoms with van der Waals surface area (Å²) in [4.78, 5) is 14.5. The van der Waals surface area contributed by atoms with Crippen molar-refractivity contribution < 1.29 is 13.6 Å². The summed E-state index contributed by atoms with van der Waals surface area (Å²) < 4.78 is 27.9. The second-order valence-corrected chi connectivity index (χ2v) is 7.17. The highest BCUT2D eigenvalue weighted by Crippen LogP contribution is 2.28. The molecule has 2 N–H and O–H groups in total. The summed E-state index contributed by atoms with van der Waals surface area (Å²) in [5, 5.41) is 0. The summed E-state index contributed by atoms with van der Waals surface area (Å²) in [6, 6.07) is 8.78. The predicted octanol–water partition coefficient (Wildman–Crippen LogP) is 4.14. The molecule has 3 nitrogen and oxygen atoms in total. The summed E-state index contributed by atoms with van der Waals surface area (Å²) in [5.74, 6) is -0.728. The van der Waals surface area contributed by atoms with Gasteiger partial charge in [-0.3, -0.25) is 4.79 Å². The smallest absolute Gasteiger partial charge is 0.253 e. The highest BCUT2D eigenvalue weighted by Gasteiger charge is 2.27. The third kappa shape index (κ3) is 3.78. The molecule has 1 heterocycles. The zero-order chi connectivity index (χ0) is 18.8. The molecule has 0 aromatic heterocycles. The molecule has 1 aliphatic rings. The largest absolute Gasteiger partial charge is 0.338 e. The van der Waals surface area contributed by atoms with Crippen molar-refractivity contribution in [2.45, 2.75) is 32.7 Å². The van der Waals surface area contributed by atoms with Crippen molar-refractivity contribution in [3.8, 4) is 11.1 Å². The van der Waals surface area contributed by atoms with E-state index in [-0.39, 0.29) is 23.7 Å². The molecular formula is C21H24F2N2O. The molecule has 2 aromatic carbocycles. The van der Waals surface area contributed by atoms with E-state index in [1.54, 1.807) is 30.0 Å². The van der Waals surface area contributed by atoms with Crippen LogP contribution in [0.3, 0.4) is 0 Å². The average Bonchev–Trinajstić information content (AvgIpc) is 2.62. The van der Waals surface area contributed by atoms with Crippen LogP contribution in [0.2, 0.25) is 0 Å². The molecule has 0 radical (unpaired) electrons. The highest BCUT2D eigenvalue weighted by molar-refractivity contribution is 5.95. The zero-order valence-electron chi connectivity index (χ0n) is 15.1. The van der Waals surface area contributed by atoms with E-state index >= 15 is 0 Å². The Morgan fingerprint density at radius 3 is 2.58 bits per heavy atom. The fraction of sp³-hybridized carbons (Fsp3) is 0.381. The van der Waals surface area contributed by atoms with Gasteiger partial charge in [0.15, 0.2) is 0 Å². The van der Waals surface area contributed by atoms with Crippen LogP contribution in [-0.4, -0.2) is 29.9 Å². The molecule has 1 saturated heterocycles. The van der Waals surface area contributed by atoms with E-state index in [0.29, 0.717) is 35.3 Å². The van der Waals surface area contributed by atoms with Gasteiger partial charge >= 0.3 is 0 Å². The Bertz CT molecular complexity index is 820. The normalized spacial score (nSPS) is 18.7. The van der Waals surface area contributed by atoms with Gasteiger partial charge in [0.05, 0.1) is 0 Å². The van der Waals surface area contributed by atoms with Crippen LogP contribution in [0, 0.1) is 24.5 Å². The first-order chi connectivity index (χ1) is 12.4. The van der Waals surface area contributed by atoms with E-state index in [1.807, 2.05) is 6.92 Å². The van der Waals surface area contributed by atoms with Gasteiger partial charge in [-0.05, 0) is 68.0 Å². The van der Waals surface area contributed by atoms with Crippen LogP contribution in [0.15, 0.2) is 36.4 Å². The SMILES string of the molecule is Cc1cc(F)ccc1-c1ccc(C(=O)N2CCCC(C(C)N)C2)cc1F. The van der Waals surface area contributed by atoms with Crippen molar-refractivity contribution >= 4 is 5.91 Å². The second kappa shape index (κ2) is 7.54. The Kier molecular flexibility index (Phi) is 5.37. The number of rotatable bonds is 3. The number of nitrogens with two attached hydrogens (primary N) is 1. The number of aryl methyl sites for hydroxylation is 1. The van der Waals surface area contributed by atoms with Gasteiger partial charge < -0.3 is 10.6 Å². The van der Waals surface area contributed by atoms with Gasteiger partial charge in [-0.15, -0.1) is 0 Å². The first-order valence-corrected chi connectivity index (χ1v) is 8.97. The van der Waals surface area contributed by atoms with Gasteiger partial charge in [-0.2, -0.15) is 0 Å². The summed E-state index contributed by atoms with van der Waals surface area (Å²) >= 11 is 0. The number of carbonyl (C=O) groups excluding carboxylic acids is 1. The number of nitrogens with zero attached hydrogens (tertiary/aromatic N) is 1. The molecule has 0 bridgehead atoms. The lowest BCUT2D eigenvalue weighted by Crippen LogP contribution is -2.45. The average molecular weight is 358 g/mol. The number of halogens is 2. The minimum Gasteiger partial charge on any atom is -0.338 e. The Labute approximate surface area is 152 Å². The standard InChI is InChI=1S/C21H24F2N2O/c1-13-10-17(22)6-8-18(13)19-7-5-15(11-20(19)23)21(26)25-9-3-4-16(12-25)14(2)24/h5-8,10-11,14,16H,3-4,9,12,24H2,1-2H3. The van der Waals surface area contributed by atoms with Crippen LogP contribution < -0.4 is 5.73 Å². The molecule has 2 unspecified atom stereocenters. The first-order valence-electron chi connectivity index (χ1n) is 8.97. The van der Waals surface area contributed by atoms with Crippen LogP contribution in [-0.2, 0) is 0 Å². The van der Waals surface area contributed by atoms with E-state index in [2.05, 4.69) is 0 Å². The van der Waals surface area contributed by atoms with Crippen molar-refractivity contribution in [1.29, 1.82) is 0 Å². The molecule has 26 heavy (non-hydrogen) atoms. The van der Waals surface area contributed by atoms with Crippen molar-refractivity contribution in [2.24, 2.45) is 11.7 Å². The Balaban J connectivity index is 1.84. The molecule has 1 fully saturated rings. The molecule has 2 atom stereocenters. The van der Waals surface area contributed by atoms with E-state index in [1.165, 1.54) is 18.2 Å². The molecule has 0 aliphatic carbocycles. The fourth-order valence-corrected chi connectivity index (χ4v) is 3.60. The molecule has 5 heteroatoms. The van der Waals surface area contributed by atoms with Crippen molar-refractivity contribution in [3.05, 3.63) is 59.2 Å².